The Morgan fingerprint density at radius 1 is 1.17 bits per heavy atom. The minimum atomic E-state index is -4.86. The molecule has 0 spiro atoms. The molecule has 23 heavy (non-hydrogen) atoms. The van der Waals surface area contributed by atoms with E-state index in [0.29, 0.717) is 18.8 Å². The molecule has 1 saturated carbocycles. The SMILES string of the molecule is CC1CCC(n2nc(C(F)(F)F)c3c2CCC(F)(F)[C@H]3O)CC1. The van der Waals surface area contributed by atoms with E-state index in [9.17, 15) is 27.1 Å². The Morgan fingerprint density at radius 3 is 2.35 bits per heavy atom. The molecule has 0 saturated heterocycles. The van der Waals surface area contributed by atoms with Crippen LogP contribution in [0.4, 0.5) is 22.0 Å². The molecule has 1 atom stereocenters. The molecule has 2 aliphatic rings. The number of aliphatic hydroxyl groups excluding tert-OH is 1. The second kappa shape index (κ2) is 5.43. The van der Waals surface area contributed by atoms with Crippen molar-refractivity contribution in [1.29, 1.82) is 0 Å². The van der Waals surface area contributed by atoms with Crippen molar-refractivity contribution < 1.29 is 27.1 Å². The van der Waals surface area contributed by atoms with Gasteiger partial charge in [0.25, 0.3) is 5.92 Å². The Labute approximate surface area is 130 Å². The number of hydrogen-bond acceptors (Lipinski definition) is 2. The molecule has 1 aromatic rings. The number of rotatable bonds is 1. The topological polar surface area (TPSA) is 38.0 Å². The molecule has 0 bridgehead atoms. The van der Waals surface area contributed by atoms with Crippen LogP contribution >= 0.6 is 0 Å². The highest BCUT2D eigenvalue weighted by Gasteiger charge is 2.51. The van der Waals surface area contributed by atoms with Crippen molar-refractivity contribution in [3.05, 3.63) is 17.0 Å². The Morgan fingerprint density at radius 2 is 1.78 bits per heavy atom. The minimum Gasteiger partial charge on any atom is -0.382 e. The third-order valence-corrected chi connectivity index (χ3v) is 5.02. The Bertz CT molecular complexity index is 587. The minimum absolute atomic E-state index is 0.121. The quantitative estimate of drug-likeness (QED) is 0.777. The van der Waals surface area contributed by atoms with Crippen LogP contribution in [0.5, 0.6) is 0 Å². The van der Waals surface area contributed by atoms with Crippen LogP contribution in [0.15, 0.2) is 0 Å². The Kier molecular flexibility index (Phi) is 3.93. The molecule has 1 fully saturated rings. The number of nitrogens with zero attached hydrogens (tertiary/aromatic N) is 2. The predicted molar refractivity (Wildman–Crippen MR) is 72.1 cm³/mol. The van der Waals surface area contributed by atoms with E-state index in [-0.39, 0.29) is 18.2 Å². The van der Waals surface area contributed by atoms with Gasteiger partial charge in [-0.05, 0) is 38.0 Å². The molecule has 0 radical (unpaired) electrons. The van der Waals surface area contributed by atoms with Crippen LogP contribution in [0.3, 0.4) is 0 Å². The van der Waals surface area contributed by atoms with Crippen molar-refractivity contribution in [1.82, 2.24) is 9.78 Å². The number of hydrogen-bond donors (Lipinski definition) is 1. The molecule has 2 aliphatic carbocycles. The van der Waals surface area contributed by atoms with Gasteiger partial charge in [0.15, 0.2) is 5.69 Å². The summed E-state index contributed by atoms with van der Waals surface area (Å²) in [5.41, 5.74) is -1.97. The van der Waals surface area contributed by atoms with Crippen LogP contribution in [-0.2, 0) is 12.6 Å². The van der Waals surface area contributed by atoms with E-state index >= 15 is 0 Å². The molecule has 130 valence electrons. The molecule has 0 aromatic carbocycles. The molecule has 0 unspecified atom stereocenters. The maximum absolute atomic E-state index is 13.7. The van der Waals surface area contributed by atoms with Crippen molar-refractivity contribution in [2.45, 2.75) is 69.7 Å². The third kappa shape index (κ3) is 2.86. The van der Waals surface area contributed by atoms with Crippen LogP contribution in [-0.4, -0.2) is 20.8 Å². The second-order valence-corrected chi connectivity index (χ2v) is 6.73. The average molecular weight is 338 g/mol. The summed E-state index contributed by atoms with van der Waals surface area (Å²) in [4.78, 5) is 0. The highest BCUT2D eigenvalue weighted by atomic mass is 19.4. The molecule has 0 amide bonds. The summed E-state index contributed by atoms with van der Waals surface area (Å²) in [6.07, 6.45) is -5.05. The summed E-state index contributed by atoms with van der Waals surface area (Å²) in [5, 5.41) is 13.4. The second-order valence-electron chi connectivity index (χ2n) is 6.73. The summed E-state index contributed by atoms with van der Waals surface area (Å²) in [6, 6.07) is -0.213. The third-order valence-electron chi connectivity index (χ3n) is 5.02. The van der Waals surface area contributed by atoms with Crippen LogP contribution < -0.4 is 0 Å². The van der Waals surface area contributed by atoms with Gasteiger partial charge in [-0.3, -0.25) is 4.68 Å². The molecular formula is C15H19F5N2O. The molecule has 1 heterocycles. The van der Waals surface area contributed by atoms with E-state index in [4.69, 9.17) is 0 Å². The molecule has 8 heteroatoms. The van der Waals surface area contributed by atoms with Gasteiger partial charge in [-0.2, -0.15) is 18.3 Å². The molecule has 0 aliphatic heterocycles. The van der Waals surface area contributed by atoms with Crippen molar-refractivity contribution >= 4 is 0 Å². The fraction of sp³-hybridized carbons (Fsp3) is 0.800. The van der Waals surface area contributed by atoms with Crippen molar-refractivity contribution in [3.8, 4) is 0 Å². The monoisotopic (exact) mass is 338 g/mol. The van der Waals surface area contributed by atoms with Crippen LogP contribution in [0.2, 0.25) is 0 Å². The fourth-order valence-electron chi connectivity index (χ4n) is 3.65. The maximum Gasteiger partial charge on any atom is 0.435 e. The molecule has 1 aromatic heterocycles. The number of halogens is 5. The van der Waals surface area contributed by atoms with Gasteiger partial charge in [-0.15, -0.1) is 0 Å². The lowest BCUT2D eigenvalue weighted by molar-refractivity contribution is -0.150. The van der Waals surface area contributed by atoms with E-state index in [1.807, 2.05) is 0 Å². The van der Waals surface area contributed by atoms with Gasteiger partial charge in [-0.1, -0.05) is 6.92 Å². The molecule has 1 N–H and O–H groups in total. The van der Waals surface area contributed by atoms with Gasteiger partial charge >= 0.3 is 6.18 Å². The number of aliphatic hydroxyl groups is 1. The van der Waals surface area contributed by atoms with Gasteiger partial charge in [-0.25, -0.2) is 8.78 Å². The zero-order valence-electron chi connectivity index (χ0n) is 12.7. The van der Waals surface area contributed by atoms with E-state index in [0.717, 1.165) is 12.8 Å². The van der Waals surface area contributed by atoms with E-state index in [1.165, 1.54) is 4.68 Å². The van der Waals surface area contributed by atoms with Gasteiger partial charge in [0, 0.05) is 17.7 Å². The number of fused-ring (bicyclic) bond motifs is 1. The first-order chi connectivity index (χ1) is 10.6. The smallest absolute Gasteiger partial charge is 0.382 e. The molecule has 3 rings (SSSR count). The number of aromatic nitrogens is 2. The highest BCUT2D eigenvalue weighted by Crippen LogP contribution is 2.48. The number of alkyl halides is 5. The normalized spacial score (nSPS) is 31.0. The van der Waals surface area contributed by atoms with Gasteiger partial charge in [0.1, 0.15) is 6.10 Å². The van der Waals surface area contributed by atoms with Crippen LogP contribution in [0, 0.1) is 5.92 Å². The van der Waals surface area contributed by atoms with E-state index < -0.39 is 35.9 Å². The fourth-order valence-corrected chi connectivity index (χ4v) is 3.65. The van der Waals surface area contributed by atoms with Crippen LogP contribution in [0.1, 0.15) is 68.1 Å². The van der Waals surface area contributed by atoms with Crippen molar-refractivity contribution in [2.24, 2.45) is 5.92 Å². The molecular weight excluding hydrogens is 319 g/mol. The summed E-state index contributed by atoms with van der Waals surface area (Å²) >= 11 is 0. The maximum atomic E-state index is 13.7. The lowest BCUT2D eigenvalue weighted by Gasteiger charge is -2.31. The zero-order chi connectivity index (χ0) is 17.0. The van der Waals surface area contributed by atoms with Crippen LogP contribution in [0.25, 0.3) is 0 Å². The average Bonchev–Trinajstić information content (AvgIpc) is 2.84. The first-order valence-corrected chi connectivity index (χ1v) is 7.85. The predicted octanol–water partition coefficient (Wildman–Crippen LogP) is 4.27. The van der Waals surface area contributed by atoms with Crippen molar-refractivity contribution in [3.63, 3.8) is 0 Å². The van der Waals surface area contributed by atoms with E-state index in [2.05, 4.69) is 12.0 Å². The van der Waals surface area contributed by atoms with Gasteiger partial charge < -0.3 is 5.11 Å². The lowest BCUT2D eigenvalue weighted by Crippen LogP contribution is -2.33. The molecule has 3 nitrogen and oxygen atoms in total. The van der Waals surface area contributed by atoms with Crippen molar-refractivity contribution in [2.75, 3.05) is 0 Å². The summed E-state index contributed by atoms with van der Waals surface area (Å²) in [6.45, 7) is 2.08. The summed E-state index contributed by atoms with van der Waals surface area (Å²) < 4.78 is 68.3. The van der Waals surface area contributed by atoms with E-state index in [1.54, 1.807) is 0 Å². The lowest BCUT2D eigenvalue weighted by atomic mass is 9.86. The summed E-state index contributed by atoms with van der Waals surface area (Å²) in [5.74, 6) is -3.04. The highest BCUT2D eigenvalue weighted by molar-refractivity contribution is 5.35. The zero-order valence-corrected chi connectivity index (χ0v) is 12.7. The van der Waals surface area contributed by atoms with Gasteiger partial charge in [0.05, 0.1) is 6.04 Å². The summed E-state index contributed by atoms with van der Waals surface area (Å²) in [7, 11) is 0. The largest absolute Gasteiger partial charge is 0.435 e. The Hall–Kier alpha value is -1.18. The standard InChI is InChI=1S/C15H19F5N2O/c1-8-2-4-9(5-3-8)22-10-6-7-14(16,17)13(23)11(10)12(21-22)15(18,19)20/h8-9,13,23H,2-7H2,1H3/t8?,9?,13-/m0/s1. The van der Waals surface area contributed by atoms with Gasteiger partial charge in [0.2, 0.25) is 0 Å². The first-order valence-electron chi connectivity index (χ1n) is 7.85. The Balaban J connectivity index is 2.06. The first kappa shape index (κ1) is 16.7.